The van der Waals surface area contributed by atoms with Gasteiger partial charge in [-0.25, -0.2) is 4.79 Å². The molecule has 1 aliphatic rings. The maximum absolute atomic E-state index is 13.3. The summed E-state index contributed by atoms with van der Waals surface area (Å²) >= 11 is 0. The quantitative estimate of drug-likeness (QED) is 0.521. The van der Waals surface area contributed by atoms with Crippen molar-refractivity contribution in [3.8, 4) is 11.5 Å². The van der Waals surface area contributed by atoms with Gasteiger partial charge in [-0.15, -0.1) is 5.06 Å². The Morgan fingerprint density at radius 1 is 1.10 bits per heavy atom. The minimum atomic E-state index is -0.597. The first-order valence-corrected chi connectivity index (χ1v) is 10.3. The monoisotopic (exact) mass is 395 g/mol. The first kappa shape index (κ1) is 20.9. The maximum atomic E-state index is 13.3. The number of aromatic hydroxyl groups is 1. The van der Waals surface area contributed by atoms with Crippen LogP contribution in [-0.4, -0.2) is 29.2 Å². The number of unbranched alkanes of at least 4 members (excludes halogenated alkanes) is 2. The van der Waals surface area contributed by atoms with E-state index in [-0.39, 0.29) is 5.75 Å². The molecule has 0 fully saturated rings. The molecule has 5 nitrogen and oxygen atoms in total. The Morgan fingerprint density at radius 3 is 2.55 bits per heavy atom. The molecule has 0 radical (unpaired) electrons. The van der Waals surface area contributed by atoms with Crippen molar-refractivity contribution in [1.82, 2.24) is 5.06 Å². The van der Waals surface area contributed by atoms with Crippen LogP contribution in [0.1, 0.15) is 51.2 Å². The van der Waals surface area contributed by atoms with Gasteiger partial charge in [-0.1, -0.05) is 63.6 Å². The molecule has 0 bridgehead atoms. The van der Waals surface area contributed by atoms with Crippen LogP contribution < -0.4 is 15.2 Å². The van der Waals surface area contributed by atoms with Gasteiger partial charge in [0.05, 0.1) is 5.57 Å². The van der Waals surface area contributed by atoms with E-state index < -0.39 is 12.1 Å². The molecule has 1 heterocycles. The average Bonchev–Trinajstić information content (AvgIpc) is 3.12. The number of phenolic OH excluding ortho intramolecular Hbond substituents is 1. The van der Waals surface area contributed by atoms with Gasteiger partial charge in [-0.3, -0.25) is 0 Å². The lowest BCUT2D eigenvalue weighted by Gasteiger charge is -2.22. The highest BCUT2D eigenvalue weighted by Gasteiger charge is 2.34. The van der Waals surface area contributed by atoms with Gasteiger partial charge >= 0.3 is 5.97 Å². The molecule has 1 N–H and O–H groups in total. The summed E-state index contributed by atoms with van der Waals surface area (Å²) in [7, 11) is 0. The first-order chi connectivity index (χ1) is 14.1. The van der Waals surface area contributed by atoms with Crippen molar-refractivity contribution in [3.63, 3.8) is 0 Å². The highest BCUT2D eigenvalue weighted by Crippen LogP contribution is 2.33. The van der Waals surface area contributed by atoms with Gasteiger partial charge in [0, 0.05) is 23.5 Å². The minimum Gasteiger partial charge on any atom is -0.507 e. The van der Waals surface area contributed by atoms with Gasteiger partial charge < -0.3 is 14.7 Å². The predicted octanol–water partition coefficient (Wildman–Crippen LogP) is 3.45. The van der Waals surface area contributed by atoms with Crippen molar-refractivity contribution in [2.24, 2.45) is 0 Å². The van der Waals surface area contributed by atoms with E-state index in [1.54, 1.807) is 11.1 Å². The van der Waals surface area contributed by atoms with Gasteiger partial charge in [-0.05, 0) is 30.5 Å². The molecule has 3 rings (SSSR count). The maximum Gasteiger partial charge on any atom is 0.357 e. The van der Waals surface area contributed by atoms with E-state index >= 15 is 0 Å². The molecule has 29 heavy (non-hydrogen) atoms. The molecule has 1 atom stereocenters. The van der Waals surface area contributed by atoms with Crippen LogP contribution >= 0.6 is 0 Å². The number of carbonyl (C=O) groups excluding carboxylic acids is 1. The second-order valence-corrected chi connectivity index (χ2v) is 7.27. The van der Waals surface area contributed by atoms with Crippen LogP contribution in [0.5, 0.6) is 11.5 Å². The Kier molecular flexibility index (Phi) is 6.94. The largest absolute Gasteiger partial charge is 0.507 e. The fraction of sp³-hybridized carbons (Fsp3) is 0.375. The van der Waals surface area contributed by atoms with E-state index in [0.29, 0.717) is 34.8 Å². The lowest BCUT2D eigenvalue weighted by Crippen LogP contribution is -2.33. The zero-order valence-corrected chi connectivity index (χ0v) is 17.2. The molecule has 154 valence electrons. The van der Waals surface area contributed by atoms with Crippen molar-refractivity contribution < 1.29 is 19.5 Å². The summed E-state index contributed by atoms with van der Waals surface area (Å²) in [4.78, 5) is 19.1. The molecule has 1 aliphatic heterocycles. The van der Waals surface area contributed by atoms with Gasteiger partial charge in [0.1, 0.15) is 11.5 Å². The molecule has 2 aromatic carbocycles. The summed E-state index contributed by atoms with van der Waals surface area (Å²) in [6.45, 7) is 9.52. The third kappa shape index (κ3) is 4.62. The Labute approximate surface area is 171 Å². The standard InChI is InChI=1S/C24H29NO4/c1-4-6-10-16-25(15-5-2)29-24(27)22-21-17(3)19(26)13-14-20(21)28-23(22)18-11-8-7-9-12-18/h7-9,11-14,23,26H,3-6,10,15-16H2,1-2H3. The zero-order valence-electron chi connectivity index (χ0n) is 17.2. The van der Waals surface area contributed by atoms with Crippen molar-refractivity contribution in [1.29, 1.82) is 0 Å². The van der Waals surface area contributed by atoms with E-state index in [4.69, 9.17) is 9.57 Å². The molecule has 0 aromatic heterocycles. The topological polar surface area (TPSA) is 59.0 Å². The Balaban J connectivity index is 1.99. The minimum absolute atomic E-state index is 0.0275. The lowest BCUT2D eigenvalue weighted by atomic mass is 10.0. The first-order valence-electron chi connectivity index (χ1n) is 10.3. The van der Waals surface area contributed by atoms with E-state index in [0.717, 1.165) is 31.2 Å². The fourth-order valence-electron chi connectivity index (χ4n) is 3.55. The average molecular weight is 395 g/mol. The molecule has 0 saturated heterocycles. The summed E-state index contributed by atoms with van der Waals surface area (Å²) in [5.41, 5.74) is 1.23. The number of benzene rings is 2. The van der Waals surface area contributed by atoms with Crippen LogP contribution in [0, 0.1) is 0 Å². The normalized spacial score (nSPS) is 15.3. The van der Waals surface area contributed by atoms with Crippen LogP contribution in [0.2, 0.25) is 0 Å². The molecular weight excluding hydrogens is 366 g/mol. The number of nitrogens with zero attached hydrogens (tertiary/aromatic N) is 1. The summed E-state index contributed by atoms with van der Waals surface area (Å²) in [5.74, 6) is 0.0967. The van der Waals surface area contributed by atoms with Crippen LogP contribution in [0.25, 0.3) is 12.2 Å². The number of carbonyl (C=O) groups is 1. The molecule has 2 aromatic rings. The Hall–Kier alpha value is -2.79. The number of rotatable bonds is 9. The van der Waals surface area contributed by atoms with Crippen LogP contribution in [-0.2, 0) is 9.63 Å². The summed E-state index contributed by atoms with van der Waals surface area (Å²) in [6, 6.07) is 12.8. The second-order valence-electron chi connectivity index (χ2n) is 7.27. The highest BCUT2D eigenvalue weighted by atomic mass is 16.7. The molecular formula is C24H29NO4. The number of ether oxygens (including phenoxy) is 1. The molecule has 0 aliphatic carbocycles. The number of fused-ring (bicyclic) bond motifs is 1. The van der Waals surface area contributed by atoms with E-state index in [2.05, 4.69) is 20.4 Å². The highest BCUT2D eigenvalue weighted by molar-refractivity contribution is 6.12. The van der Waals surface area contributed by atoms with Crippen LogP contribution in [0.3, 0.4) is 0 Å². The number of hydrogen-bond acceptors (Lipinski definition) is 5. The van der Waals surface area contributed by atoms with E-state index in [9.17, 15) is 9.90 Å². The van der Waals surface area contributed by atoms with Gasteiger partial charge in [0.2, 0.25) is 0 Å². The fourth-order valence-corrected chi connectivity index (χ4v) is 3.55. The van der Waals surface area contributed by atoms with Gasteiger partial charge in [0.15, 0.2) is 6.10 Å². The van der Waals surface area contributed by atoms with Gasteiger partial charge in [0.25, 0.3) is 0 Å². The summed E-state index contributed by atoms with van der Waals surface area (Å²) in [5, 5.41) is 12.8. The van der Waals surface area contributed by atoms with Crippen LogP contribution in [0.4, 0.5) is 0 Å². The Bertz CT molecular complexity index is 955. The smallest absolute Gasteiger partial charge is 0.357 e. The third-order valence-corrected chi connectivity index (χ3v) is 5.04. The summed E-state index contributed by atoms with van der Waals surface area (Å²) in [6.07, 6.45) is 3.44. The van der Waals surface area contributed by atoms with Crippen LogP contribution in [0.15, 0.2) is 42.5 Å². The number of hydrogen-bond donors (Lipinski definition) is 1. The van der Waals surface area contributed by atoms with Crippen molar-refractivity contribution in [3.05, 3.63) is 58.5 Å². The number of hydroxylamine groups is 2. The number of phenols is 1. The van der Waals surface area contributed by atoms with Crippen molar-refractivity contribution in [2.45, 2.75) is 45.6 Å². The molecule has 0 amide bonds. The SMILES string of the molecule is C=c1c(O)ccc2c1=C(C(=O)ON(CCC)CCCCC)C(c1ccccc1)O2. The lowest BCUT2D eigenvalue weighted by molar-refractivity contribution is -0.184. The molecule has 1 unspecified atom stereocenters. The molecule has 5 heteroatoms. The summed E-state index contributed by atoms with van der Waals surface area (Å²) < 4.78 is 6.10. The molecule has 0 spiro atoms. The van der Waals surface area contributed by atoms with Gasteiger partial charge in [-0.2, -0.15) is 0 Å². The zero-order chi connectivity index (χ0) is 20.8. The van der Waals surface area contributed by atoms with E-state index in [1.807, 2.05) is 30.3 Å². The van der Waals surface area contributed by atoms with Crippen molar-refractivity contribution in [2.75, 3.05) is 13.1 Å². The van der Waals surface area contributed by atoms with E-state index in [1.165, 1.54) is 6.07 Å². The molecule has 0 saturated carbocycles. The second kappa shape index (κ2) is 9.61. The van der Waals surface area contributed by atoms with Crippen molar-refractivity contribution >= 4 is 18.1 Å². The predicted molar refractivity (Wildman–Crippen MR) is 114 cm³/mol. The third-order valence-electron chi connectivity index (χ3n) is 5.04. The Morgan fingerprint density at radius 2 is 1.86 bits per heavy atom.